The summed E-state index contributed by atoms with van der Waals surface area (Å²) in [7, 11) is 1.96. The highest BCUT2D eigenvalue weighted by Gasteiger charge is 2.50. The minimum atomic E-state index is -2.06. The molecule has 0 radical (unpaired) electrons. The van der Waals surface area contributed by atoms with Crippen molar-refractivity contribution in [1.29, 1.82) is 0 Å². The van der Waals surface area contributed by atoms with Gasteiger partial charge in [0.2, 0.25) is 5.60 Å². The number of hydrogen-bond donors (Lipinski definition) is 2. The normalized spacial score (nSPS) is 13.8. The summed E-state index contributed by atoms with van der Waals surface area (Å²) in [5.74, 6) is -0.995. The number of unbranched alkanes of at least 4 members (excludes halogenated alkanes) is 8. The topological polar surface area (TPSA) is 83.8 Å². The summed E-state index contributed by atoms with van der Waals surface area (Å²) in [4.78, 5) is 26.3. The molecule has 0 bridgehead atoms. The van der Waals surface area contributed by atoms with Gasteiger partial charge in [-0.25, -0.2) is 0 Å². The molecule has 0 aliphatic rings. The fourth-order valence-electron chi connectivity index (χ4n) is 5.12. The van der Waals surface area contributed by atoms with Crippen LogP contribution in [0.25, 0.3) is 0 Å². The Morgan fingerprint density at radius 1 is 0.531 bits per heavy atom. The summed E-state index contributed by atoms with van der Waals surface area (Å²) in [6.07, 6.45) is 50.8. The fourth-order valence-corrected chi connectivity index (χ4v) is 5.54. The van der Waals surface area contributed by atoms with Gasteiger partial charge in [0.1, 0.15) is 6.10 Å². The predicted octanol–water partition coefficient (Wildman–Crippen LogP) is 11.3. The van der Waals surface area contributed by atoms with Crippen molar-refractivity contribution < 1.29 is 24.3 Å². The van der Waals surface area contributed by atoms with E-state index in [0.717, 1.165) is 38.5 Å². The molecule has 49 heavy (non-hydrogen) atoms. The van der Waals surface area contributed by atoms with E-state index in [-0.39, 0.29) is 12.8 Å². The highest BCUT2D eigenvalue weighted by molar-refractivity contribution is 7.10. The molecule has 0 rings (SSSR count). The largest absolute Gasteiger partial charge is 0.394 e. The van der Waals surface area contributed by atoms with E-state index in [4.69, 9.17) is 4.52 Å². The molecule has 0 saturated carbocycles. The molecule has 2 atom stereocenters. The first kappa shape index (κ1) is 46.6. The number of hydrogen-bond acceptors (Lipinski definition) is 5. The van der Waals surface area contributed by atoms with Crippen LogP contribution in [0.2, 0.25) is 0 Å². The molecule has 0 aliphatic carbocycles. The molecule has 2 unspecified atom stereocenters. The van der Waals surface area contributed by atoms with Crippen LogP contribution in [0.5, 0.6) is 0 Å². The van der Waals surface area contributed by atoms with Crippen molar-refractivity contribution in [3.63, 3.8) is 0 Å². The average molecular weight is 697 g/mol. The Bertz CT molecular complexity index is 972. The zero-order valence-electron chi connectivity index (χ0n) is 30.9. The average Bonchev–Trinajstić information content (AvgIpc) is 3.11. The molecule has 5 nitrogen and oxygen atoms in total. The molecule has 276 valence electrons. The molecule has 0 amide bonds. The molecule has 0 aromatic rings. The van der Waals surface area contributed by atoms with Crippen molar-refractivity contribution in [3.05, 3.63) is 97.2 Å². The van der Waals surface area contributed by atoms with Gasteiger partial charge in [0, 0.05) is 22.3 Å². The molecule has 0 heterocycles. The maximum absolute atomic E-state index is 13.2. The predicted molar refractivity (Wildman–Crippen MR) is 213 cm³/mol. The van der Waals surface area contributed by atoms with Crippen LogP contribution >= 0.6 is 9.47 Å². The van der Waals surface area contributed by atoms with Crippen LogP contribution in [0.4, 0.5) is 0 Å². The smallest absolute Gasteiger partial charge is 0.215 e. The van der Waals surface area contributed by atoms with Crippen molar-refractivity contribution in [2.75, 3.05) is 6.61 Å². The molecule has 0 aromatic carbocycles. The van der Waals surface area contributed by atoms with Gasteiger partial charge >= 0.3 is 0 Å². The van der Waals surface area contributed by atoms with Crippen molar-refractivity contribution in [3.8, 4) is 0 Å². The molecule has 2 N–H and O–H groups in total. The molecule has 0 spiro atoms. The lowest BCUT2D eigenvalue weighted by Crippen LogP contribution is -2.57. The van der Waals surface area contributed by atoms with E-state index >= 15 is 0 Å². The number of aliphatic hydroxyl groups is 2. The van der Waals surface area contributed by atoms with Gasteiger partial charge < -0.3 is 14.7 Å². The van der Waals surface area contributed by atoms with Gasteiger partial charge in [0.15, 0.2) is 11.6 Å². The monoisotopic (exact) mass is 696 g/mol. The lowest BCUT2D eigenvalue weighted by Gasteiger charge is -2.33. The van der Waals surface area contributed by atoms with Crippen LogP contribution in [0.3, 0.4) is 0 Å². The van der Waals surface area contributed by atoms with Gasteiger partial charge in [-0.1, -0.05) is 137 Å². The first-order valence-corrected chi connectivity index (χ1v) is 19.4. The van der Waals surface area contributed by atoms with E-state index < -0.39 is 29.9 Å². The Hall–Kier alpha value is -2.43. The minimum absolute atomic E-state index is 0.0758. The number of carbonyl (C=O) groups excluding carboxylic acids is 2. The second kappa shape index (κ2) is 35.4. The number of rotatable bonds is 33. The first-order valence-electron chi connectivity index (χ1n) is 18.9. The summed E-state index contributed by atoms with van der Waals surface area (Å²) in [5.41, 5.74) is -2.06. The van der Waals surface area contributed by atoms with Crippen molar-refractivity contribution in [1.82, 2.24) is 0 Å². The van der Waals surface area contributed by atoms with Gasteiger partial charge in [-0.2, -0.15) is 0 Å². The third-order valence-corrected chi connectivity index (χ3v) is 8.49. The Balaban J connectivity index is 4.40. The Morgan fingerprint density at radius 2 is 0.816 bits per heavy atom. The third-order valence-electron chi connectivity index (χ3n) is 8.12. The lowest BCUT2D eigenvalue weighted by molar-refractivity contribution is -0.160. The Morgan fingerprint density at radius 3 is 1.08 bits per heavy atom. The van der Waals surface area contributed by atoms with Gasteiger partial charge in [-0.05, 0) is 89.9 Å². The van der Waals surface area contributed by atoms with Crippen molar-refractivity contribution in [2.24, 2.45) is 0 Å². The van der Waals surface area contributed by atoms with E-state index in [1.165, 1.54) is 51.4 Å². The van der Waals surface area contributed by atoms with Crippen molar-refractivity contribution >= 4 is 21.0 Å². The van der Waals surface area contributed by atoms with E-state index in [1.807, 2.05) is 21.6 Å². The Labute approximate surface area is 302 Å². The third kappa shape index (κ3) is 25.2. The second-order valence-corrected chi connectivity index (χ2v) is 12.6. The minimum Gasteiger partial charge on any atom is -0.394 e. The van der Waals surface area contributed by atoms with Crippen molar-refractivity contribution in [2.45, 2.75) is 154 Å². The van der Waals surface area contributed by atoms with Crippen LogP contribution in [0.1, 0.15) is 142 Å². The van der Waals surface area contributed by atoms with Gasteiger partial charge in [0.05, 0.1) is 6.61 Å². The standard InChI is InChI=1S/C43H69O5P/c1-3-5-7-9-11-13-15-17-19-21-23-25-27-29-31-33-35-37-40(45)43(48-49,42(47)39-44)41(46)38-36-34-32-30-28-26-24-22-20-18-16-14-12-10-8-6-4-2/h11-14,17-20,23-26,29-32,42,44,47H,3-10,15-16,21-22,27-28,33-39,49H2,1-2H3/b13-11-,14-12-,19-17-,20-18-,25-23-,26-24-,31-29-,32-30-. The second-order valence-electron chi connectivity index (χ2n) is 12.4. The molecular weight excluding hydrogens is 627 g/mol. The van der Waals surface area contributed by atoms with E-state index in [9.17, 15) is 19.8 Å². The number of aliphatic hydroxyl groups excluding tert-OH is 2. The number of carbonyl (C=O) groups is 2. The lowest BCUT2D eigenvalue weighted by atomic mass is 9.83. The molecule has 0 saturated heterocycles. The van der Waals surface area contributed by atoms with Gasteiger partial charge in [-0.3, -0.25) is 9.59 Å². The number of allylic oxidation sites excluding steroid dienone is 16. The van der Waals surface area contributed by atoms with E-state index in [0.29, 0.717) is 25.7 Å². The highest BCUT2D eigenvalue weighted by atomic mass is 31.0. The zero-order chi connectivity index (χ0) is 36.1. The van der Waals surface area contributed by atoms with Crippen LogP contribution in [0, 0.1) is 0 Å². The fraction of sp³-hybridized carbons (Fsp3) is 0.581. The van der Waals surface area contributed by atoms with Crippen LogP contribution in [-0.2, 0) is 14.1 Å². The Kier molecular flexibility index (Phi) is 33.6. The summed E-state index contributed by atoms with van der Waals surface area (Å²) >= 11 is 0. The molecular formula is C43H69O5P. The summed E-state index contributed by atoms with van der Waals surface area (Å²) in [5, 5.41) is 20.2. The van der Waals surface area contributed by atoms with Crippen LogP contribution in [-0.4, -0.2) is 40.1 Å². The molecule has 0 aliphatic heterocycles. The van der Waals surface area contributed by atoms with Gasteiger partial charge in [-0.15, -0.1) is 0 Å². The molecule has 6 heteroatoms. The maximum Gasteiger partial charge on any atom is 0.215 e. The SMILES string of the molecule is CCCCC/C=C\C/C=C\C/C=C\C/C=C\CCCC(=O)C(OP)(C(=O)CCC/C=C\C/C=C\C/C=C\C/C=C\CCCCC)C(O)CO. The first-order chi connectivity index (χ1) is 24.0. The zero-order valence-corrected chi connectivity index (χ0v) is 32.0. The summed E-state index contributed by atoms with van der Waals surface area (Å²) in [6, 6.07) is 0. The van der Waals surface area contributed by atoms with Gasteiger partial charge in [0.25, 0.3) is 0 Å². The highest BCUT2D eigenvalue weighted by Crippen LogP contribution is 2.27. The maximum atomic E-state index is 13.2. The molecule has 0 fully saturated rings. The summed E-state index contributed by atoms with van der Waals surface area (Å²) in [6.45, 7) is 3.71. The van der Waals surface area contributed by atoms with Crippen LogP contribution < -0.4 is 0 Å². The van der Waals surface area contributed by atoms with Crippen LogP contribution in [0.15, 0.2) is 97.2 Å². The van der Waals surface area contributed by atoms with E-state index in [2.05, 4.69) is 98.9 Å². The molecule has 0 aromatic heterocycles. The number of ketones is 2. The number of Topliss-reactive ketones (excluding diaryl/α,β-unsaturated/α-hetero) is 2. The summed E-state index contributed by atoms with van der Waals surface area (Å²) < 4.78 is 5.32. The van der Waals surface area contributed by atoms with E-state index in [1.54, 1.807) is 0 Å². The quantitative estimate of drug-likeness (QED) is 0.0309.